The lowest BCUT2D eigenvalue weighted by molar-refractivity contribution is 0.0695. The van der Waals surface area contributed by atoms with E-state index in [4.69, 9.17) is 5.11 Å². The van der Waals surface area contributed by atoms with Gasteiger partial charge < -0.3 is 20.8 Å². The molecule has 0 atom stereocenters. The van der Waals surface area contributed by atoms with Crippen molar-refractivity contribution in [2.45, 2.75) is 64.5 Å². The maximum atomic E-state index is 14.5. The van der Waals surface area contributed by atoms with Crippen molar-refractivity contribution in [2.24, 2.45) is 0 Å². The Labute approximate surface area is 369 Å². The molecule has 0 radical (unpaired) electrons. The average Bonchev–Trinajstić information content (AvgIpc) is 4.00. The van der Waals surface area contributed by atoms with Gasteiger partial charge in [0.25, 0.3) is 11.8 Å². The number of benzene rings is 2. The number of nitrogens with zero attached hydrogens (tertiary/aromatic N) is 8. The first kappa shape index (κ1) is 42.4. The van der Waals surface area contributed by atoms with E-state index >= 15 is 0 Å². The van der Waals surface area contributed by atoms with Gasteiger partial charge in [0.2, 0.25) is 0 Å². The van der Waals surface area contributed by atoms with E-state index in [9.17, 15) is 33.1 Å². The highest BCUT2D eigenvalue weighted by atomic mass is 19.1. The molecule has 2 aliphatic carbocycles. The van der Waals surface area contributed by atoms with Crippen LogP contribution in [0.2, 0.25) is 0 Å². The normalized spacial score (nSPS) is 13.4. The summed E-state index contributed by atoms with van der Waals surface area (Å²) in [6, 6.07) is 12.7. The van der Waals surface area contributed by atoms with Crippen LogP contribution in [0, 0.1) is 25.5 Å². The molecule has 0 aliphatic heterocycles. The molecule has 0 unspecified atom stereocenters. The molecular weight excluding hydrogens is 839 g/mol. The van der Waals surface area contributed by atoms with Gasteiger partial charge in [-0.1, -0.05) is 0 Å². The van der Waals surface area contributed by atoms with Gasteiger partial charge in [0, 0.05) is 66.6 Å². The van der Waals surface area contributed by atoms with Crippen molar-refractivity contribution in [3.05, 3.63) is 143 Å². The Morgan fingerprint density at radius 1 is 0.662 bits per heavy atom. The van der Waals surface area contributed by atoms with Crippen LogP contribution in [0.5, 0.6) is 0 Å². The molecule has 330 valence electrons. The summed E-state index contributed by atoms with van der Waals surface area (Å²) in [7, 11) is 0. The third-order valence-electron chi connectivity index (χ3n) is 11.3. The first-order valence-corrected chi connectivity index (χ1v) is 21.0. The minimum Gasteiger partial charge on any atom is -0.478 e. The largest absolute Gasteiger partial charge is 0.478 e. The molecule has 0 saturated heterocycles. The Morgan fingerprint density at radius 3 is 1.57 bits per heavy atom. The number of aromatic carboxylic acids is 1. The van der Waals surface area contributed by atoms with Gasteiger partial charge >= 0.3 is 5.97 Å². The van der Waals surface area contributed by atoms with Gasteiger partial charge in [0.1, 0.15) is 22.9 Å². The van der Waals surface area contributed by atoms with Crippen molar-refractivity contribution < 1.29 is 38.2 Å². The third-order valence-corrected chi connectivity index (χ3v) is 11.3. The average molecular weight is 881 g/mol. The maximum Gasteiger partial charge on any atom is 0.337 e. The summed E-state index contributed by atoms with van der Waals surface area (Å²) in [5.74, 6) is -1.86. The van der Waals surface area contributed by atoms with Gasteiger partial charge in [0.15, 0.2) is 17.4 Å². The number of halogens is 2. The molecule has 6 heterocycles. The standard InChI is InChI=1S/C25H24FN5O3.C22H18FN5O3/c1-15-9-21(26)20(25(34)29-18-5-6-18)10-19(15)17-11-28-31(14-17)24-12-27-23-7-4-16(13-30(23)24)22(33)3-2-8-32;1-12-6-18(23)17(21(29)26-15-3-4-15)7-16(12)14-8-25-28(11-14)20-9-24-19-5-2-13(22(30)31)10-27(19)20/h4,7,9-14,18,32H,2-3,5-6,8H2,1H3,(H,29,34);2,5-11,15H,3-4H2,1H3,(H,26,29)(H,30,31). The number of rotatable bonds is 13. The lowest BCUT2D eigenvalue weighted by Crippen LogP contribution is -2.26. The zero-order chi connectivity index (χ0) is 45.5. The SMILES string of the molecule is Cc1cc(F)c(C(=O)NC2CC2)cc1-c1cnn(-c2cnc3ccc(C(=O)CCCO)cn23)c1.Cc1cc(F)c(C(=O)NC2CC2)cc1-c1cnn(-c2cnc3ccc(C(=O)O)cn23)c1. The Morgan fingerprint density at radius 2 is 1.12 bits per heavy atom. The first-order chi connectivity index (χ1) is 31.3. The highest BCUT2D eigenvalue weighted by molar-refractivity contribution is 5.97. The number of fused-ring (bicyclic) bond motifs is 2. The fourth-order valence-corrected chi connectivity index (χ4v) is 7.42. The summed E-state index contributed by atoms with van der Waals surface area (Å²) in [5, 5.41) is 32.7. The minimum atomic E-state index is -1.04. The topological polar surface area (TPSA) is 203 Å². The molecule has 8 aromatic rings. The molecule has 18 heteroatoms. The zero-order valence-electron chi connectivity index (χ0n) is 35.2. The molecule has 2 saturated carbocycles. The second-order valence-corrected chi connectivity index (χ2v) is 16.2. The number of amides is 2. The van der Waals surface area contributed by atoms with Crippen molar-refractivity contribution in [2.75, 3.05) is 6.61 Å². The Balaban J connectivity index is 0.000000165. The number of carbonyl (C=O) groups is 4. The van der Waals surface area contributed by atoms with Gasteiger partial charge in [-0.3, -0.25) is 23.2 Å². The van der Waals surface area contributed by atoms with E-state index in [0.29, 0.717) is 62.7 Å². The number of Topliss-reactive ketones (excluding diaryl/α,β-unsaturated/α-hetero) is 1. The predicted octanol–water partition coefficient (Wildman–Crippen LogP) is 6.71. The van der Waals surface area contributed by atoms with Crippen molar-refractivity contribution in [3.8, 4) is 33.9 Å². The van der Waals surface area contributed by atoms with Crippen molar-refractivity contribution >= 4 is 34.9 Å². The number of aliphatic hydroxyl groups is 1. The zero-order valence-corrected chi connectivity index (χ0v) is 35.2. The number of aliphatic hydroxyl groups excluding tert-OH is 1. The van der Waals surface area contributed by atoms with Crippen molar-refractivity contribution in [1.82, 2.24) is 49.0 Å². The number of carboxylic acids is 1. The molecule has 0 bridgehead atoms. The van der Waals surface area contributed by atoms with Crippen LogP contribution in [0.4, 0.5) is 8.78 Å². The summed E-state index contributed by atoms with van der Waals surface area (Å²) >= 11 is 0. The van der Waals surface area contributed by atoms with Gasteiger partial charge in [-0.15, -0.1) is 0 Å². The van der Waals surface area contributed by atoms with Crippen LogP contribution >= 0.6 is 0 Å². The molecule has 2 aromatic carbocycles. The van der Waals surface area contributed by atoms with Gasteiger partial charge in [-0.2, -0.15) is 10.2 Å². The monoisotopic (exact) mass is 880 g/mol. The van der Waals surface area contributed by atoms with Gasteiger partial charge in [-0.25, -0.2) is 32.9 Å². The second-order valence-electron chi connectivity index (χ2n) is 16.2. The number of aromatic nitrogens is 8. The van der Waals surface area contributed by atoms with E-state index < -0.39 is 29.4 Å². The van der Waals surface area contributed by atoms with Crippen LogP contribution in [0.15, 0.2) is 98.1 Å². The number of carboxylic acid groups (broad SMARTS) is 1. The summed E-state index contributed by atoms with van der Waals surface area (Å²) in [6.07, 6.45) is 17.6. The number of hydrogen-bond acceptors (Lipinski definition) is 9. The number of ketones is 1. The number of hydrogen-bond donors (Lipinski definition) is 4. The van der Waals surface area contributed by atoms with Crippen LogP contribution in [0.3, 0.4) is 0 Å². The van der Waals surface area contributed by atoms with Gasteiger partial charge in [-0.05, 0) is 117 Å². The number of pyridine rings is 2. The van der Waals surface area contributed by atoms with E-state index in [1.165, 1.54) is 24.4 Å². The molecule has 2 fully saturated rings. The first-order valence-electron chi connectivity index (χ1n) is 21.0. The van der Waals surface area contributed by atoms with E-state index in [2.05, 4.69) is 30.8 Å². The van der Waals surface area contributed by atoms with Crippen LogP contribution in [0.1, 0.15) is 91.1 Å². The second kappa shape index (κ2) is 17.4. The summed E-state index contributed by atoms with van der Waals surface area (Å²) in [5.41, 5.74) is 6.08. The smallest absolute Gasteiger partial charge is 0.337 e. The maximum absolute atomic E-state index is 14.5. The highest BCUT2D eigenvalue weighted by Gasteiger charge is 2.27. The van der Waals surface area contributed by atoms with Crippen LogP contribution in [-0.4, -0.2) is 90.8 Å². The quantitative estimate of drug-likeness (QED) is 0.0902. The Kier molecular flexibility index (Phi) is 11.3. The van der Waals surface area contributed by atoms with Crippen LogP contribution in [0.25, 0.3) is 45.2 Å². The molecule has 2 amide bonds. The summed E-state index contributed by atoms with van der Waals surface area (Å²) < 4.78 is 35.5. The Bertz CT molecular complexity index is 3180. The van der Waals surface area contributed by atoms with Gasteiger partial charge in [0.05, 0.1) is 41.5 Å². The number of carbonyl (C=O) groups excluding carboxylic acids is 3. The summed E-state index contributed by atoms with van der Waals surface area (Å²) in [6.45, 7) is 3.52. The Hall–Kier alpha value is -7.86. The minimum absolute atomic E-state index is 0.00107. The van der Waals surface area contributed by atoms with Crippen molar-refractivity contribution in [1.29, 1.82) is 0 Å². The molecular formula is C47H42F2N10O6. The van der Waals surface area contributed by atoms with E-state index in [-0.39, 0.29) is 47.6 Å². The lowest BCUT2D eigenvalue weighted by atomic mass is 9.99. The molecule has 10 rings (SSSR count). The highest BCUT2D eigenvalue weighted by Crippen LogP contribution is 2.30. The molecule has 6 aromatic heterocycles. The molecule has 16 nitrogen and oxygen atoms in total. The van der Waals surface area contributed by atoms with Crippen LogP contribution < -0.4 is 10.6 Å². The summed E-state index contributed by atoms with van der Waals surface area (Å²) in [4.78, 5) is 57.3. The fraction of sp³-hybridized carbons (Fsp3) is 0.234. The van der Waals surface area contributed by atoms with E-state index in [1.807, 2.05) is 0 Å². The molecule has 2 aliphatic rings. The number of nitrogens with one attached hydrogen (secondary N) is 2. The van der Waals surface area contributed by atoms with Crippen LogP contribution in [-0.2, 0) is 0 Å². The molecule has 4 N–H and O–H groups in total. The van der Waals surface area contributed by atoms with Crippen molar-refractivity contribution in [3.63, 3.8) is 0 Å². The fourth-order valence-electron chi connectivity index (χ4n) is 7.42. The molecule has 0 spiro atoms. The lowest BCUT2D eigenvalue weighted by Gasteiger charge is -2.09. The number of imidazole rings is 2. The third kappa shape index (κ3) is 8.88. The van der Waals surface area contributed by atoms with E-state index in [0.717, 1.165) is 31.2 Å². The predicted molar refractivity (Wildman–Crippen MR) is 233 cm³/mol. The number of aryl methyl sites for hydroxylation is 2. The molecule has 65 heavy (non-hydrogen) atoms. The van der Waals surface area contributed by atoms with E-state index in [1.54, 1.807) is 106 Å².